The van der Waals surface area contributed by atoms with Crippen LogP contribution in [-0.4, -0.2) is 12.6 Å². The first kappa shape index (κ1) is 9.49. The minimum Gasteiger partial charge on any atom is -0.497 e. The zero-order valence-electron chi connectivity index (χ0n) is 8.36. The van der Waals surface area contributed by atoms with Gasteiger partial charge in [0.15, 0.2) is 0 Å². The van der Waals surface area contributed by atoms with Gasteiger partial charge >= 0.3 is 0 Å². The molecule has 3 heteroatoms. The van der Waals surface area contributed by atoms with Crippen LogP contribution in [-0.2, 0) is 0 Å². The summed E-state index contributed by atoms with van der Waals surface area (Å²) < 4.78 is 5.08. The minimum absolute atomic E-state index is 0.0478. The molecule has 1 unspecified atom stereocenters. The van der Waals surface area contributed by atoms with Crippen molar-refractivity contribution in [3.05, 3.63) is 29.8 Å². The molecule has 1 saturated carbocycles. The van der Waals surface area contributed by atoms with E-state index in [9.17, 15) is 0 Å². The Morgan fingerprint density at radius 3 is 2.29 bits per heavy atom. The van der Waals surface area contributed by atoms with E-state index >= 15 is 0 Å². The summed E-state index contributed by atoms with van der Waals surface area (Å²) in [6.07, 6.45) is 2.06. The molecule has 0 spiro atoms. The highest BCUT2D eigenvalue weighted by molar-refractivity contribution is 5.32. The van der Waals surface area contributed by atoms with Crippen LogP contribution >= 0.6 is 0 Å². The Labute approximate surface area is 84.0 Å². The van der Waals surface area contributed by atoms with E-state index < -0.39 is 0 Å². The number of nitrogens with two attached hydrogens (primary N) is 2. The van der Waals surface area contributed by atoms with E-state index in [1.165, 1.54) is 0 Å². The SMILES string of the molecule is COc1ccc(C(N)C2(N)CC2)cc1. The van der Waals surface area contributed by atoms with Crippen LogP contribution in [0.4, 0.5) is 0 Å². The summed E-state index contributed by atoms with van der Waals surface area (Å²) in [5.41, 5.74) is 13.0. The average molecular weight is 192 g/mol. The normalized spacial score (nSPS) is 20.2. The lowest BCUT2D eigenvalue weighted by molar-refractivity contribution is 0.414. The van der Waals surface area contributed by atoms with Crippen molar-refractivity contribution in [2.45, 2.75) is 24.4 Å². The van der Waals surface area contributed by atoms with Gasteiger partial charge in [0.1, 0.15) is 5.75 Å². The lowest BCUT2D eigenvalue weighted by atomic mass is 9.99. The second-order valence-electron chi connectivity index (χ2n) is 3.98. The first-order chi connectivity index (χ1) is 6.65. The molecule has 0 aliphatic heterocycles. The lowest BCUT2D eigenvalue weighted by Crippen LogP contribution is -2.36. The first-order valence-corrected chi connectivity index (χ1v) is 4.84. The predicted octanol–water partition coefficient (Wildman–Crippen LogP) is 1.19. The van der Waals surface area contributed by atoms with Gasteiger partial charge in [-0.15, -0.1) is 0 Å². The van der Waals surface area contributed by atoms with Crippen LogP contribution in [0.1, 0.15) is 24.4 Å². The molecule has 4 N–H and O–H groups in total. The minimum atomic E-state index is -0.158. The number of rotatable bonds is 3. The van der Waals surface area contributed by atoms with Crippen LogP contribution in [0, 0.1) is 0 Å². The van der Waals surface area contributed by atoms with E-state index in [2.05, 4.69) is 0 Å². The van der Waals surface area contributed by atoms with Crippen LogP contribution in [0.3, 0.4) is 0 Å². The molecule has 1 aliphatic rings. The van der Waals surface area contributed by atoms with Crippen molar-refractivity contribution in [1.29, 1.82) is 0 Å². The number of ether oxygens (including phenoxy) is 1. The molecule has 0 radical (unpaired) electrons. The van der Waals surface area contributed by atoms with Gasteiger partial charge in [0.05, 0.1) is 7.11 Å². The van der Waals surface area contributed by atoms with Crippen molar-refractivity contribution in [3.8, 4) is 5.75 Å². The van der Waals surface area contributed by atoms with Gasteiger partial charge in [0.25, 0.3) is 0 Å². The largest absolute Gasteiger partial charge is 0.497 e. The van der Waals surface area contributed by atoms with Crippen LogP contribution in [0.5, 0.6) is 5.75 Å². The molecule has 1 aromatic rings. The number of hydrogen-bond acceptors (Lipinski definition) is 3. The van der Waals surface area contributed by atoms with E-state index in [-0.39, 0.29) is 11.6 Å². The van der Waals surface area contributed by atoms with Crippen LogP contribution in [0.25, 0.3) is 0 Å². The van der Waals surface area contributed by atoms with E-state index in [4.69, 9.17) is 16.2 Å². The monoisotopic (exact) mass is 192 g/mol. The van der Waals surface area contributed by atoms with Crippen molar-refractivity contribution >= 4 is 0 Å². The van der Waals surface area contributed by atoms with Gasteiger partial charge in [0.2, 0.25) is 0 Å². The fraction of sp³-hybridized carbons (Fsp3) is 0.455. The number of methoxy groups -OCH3 is 1. The summed E-state index contributed by atoms with van der Waals surface area (Å²) in [5, 5.41) is 0. The van der Waals surface area contributed by atoms with Crippen LogP contribution in [0.15, 0.2) is 24.3 Å². The van der Waals surface area contributed by atoms with Gasteiger partial charge in [-0.1, -0.05) is 12.1 Å². The molecule has 0 amide bonds. The van der Waals surface area contributed by atoms with Gasteiger partial charge in [-0.05, 0) is 30.5 Å². The molecule has 1 atom stereocenters. The summed E-state index contributed by atoms with van der Waals surface area (Å²) in [5.74, 6) is 0.850. The van der Waals surface area contributed by atoms with Gasteiger partial charge in [-0.25, -0.2) is 0 Å². The Morgan fingerprint density at radius 2 is 1.86 bits per heavy atom. The van der Waals surface area contributed by atoms with Gasteiger partial charge in [-0.3, -0.25) is 0 Å². The van der Waals surface area contributed by atoms with Crippen molar-refractivity contribution in [1.82, 2.24) is 0 Å². The molecule has 1 aliphatic carbocycles. The molecule has 76 valence electrons. The predicted molar refractivity (Wildman–Crippen MR) is 56.1 cm³/mol. The van der Waals surface area contributed by atoms with Crippen molar-refractivity contribution in [2.75, 3.05) is 7.11 Å². The third-order valence-electron chi connectivity index (χ3n) is 2.92. The van der Waals surface area contributed by atoms with Crippen LogP contribution < -0.4 is 16.2 Å². The molecule has 0 heterocycles. The molecular weight excluding hydrogens is 176 g/mol. The summed E-state index contributed by atoms with van der Waals surface area (Å²) in [6, 6.07) is 7.75. The van der Waals surface area contributed by atoms with E-state index in [1.807, 2.05) is 24.3 Å². The van der Waals surface area contributed by atoms with E-state index in [0.717, 1.165) is 24.2 Å². The van der Waals surface area contributed by atoms with Gasteiger partial charge in [-0.2, -0.15) is 0 Å². The maximum atomic E-state index is 6.06. The van der Waals surface area contributed by atoms with E-state index in [1.54, 1.807) is 7.11 Å². The maximum absolute atomic E-state index is 6.06. The van der Waals surface area contributed by atoms with Crippen LogP contribution in [0.2, 0.25) is 0 Å². The standard InChI is InChI=1S/C11H16N2O/c1-14-9-4-2-8(3-5-9)10(12)11(13)6-7-11/h2-5,10H,6-7,12-13H2,1H3. The topological polar surface area (TPSA) is 61.3 Å². The van der Waals surface area contributed by atoms with Crippen molar-refractivity contribution in [3.63, 3.8) is 0 Å². The molecule has 0 saturated heterocycles. The molecule has 1 aromatic carbocycles. The van der Waals surface area contributed by atoms with Gasteiger partial charge in [0, 0.05) is 11.6 Å². The molecule has 14 heavy (non-hydrogen) atoms. The highest BCUT2D eigenvalue weighted by Crippen LogP contribution is 2.42. The molecule has 0 aromatic heterocycles. The second kappa shape index (κ2) is 3.26. The fourth-order valence-corrected chi connectivity index (χ4v) is 1.60. The molecule has 0 bridgehead atoms. The first-order valence-electron chi connectivity index (χ1n) is 4.84. The third kappa shape index (κ3) is 1.61. The Bertz CT molecular complexity index is 317. The van der Waals surface area contributed by atoms with Crippen molar-refractivity contribution in [2.24, 2.45) is 11.5 Å². The molecule has 2 rings (SSSR count). The van der Waals surface area contributed by atoms with Crippen molar-refractivity contribution < 1.29 is 4.74 Å². The summed E-state index contributed by atoms with van der Waals surface area (Å²) in [4.78, 5) is 0. The zero-order chi connectivity index (χ0) is 10.2. The summed E-state index contributed by atoms with van der Waals surface area (Å²) in [7, 11) is 1.65. The quantitative estimate of drug-likeness (QED) is 0.756. The average Bonchev–Trinajstić information content (AvgIpc) is 2.97. The number of benzene rings is 1. The Hall–Kier alpha value is -1.06. The Balaban J connectivity index is 2.16. The smallest absolute Gasteiger partial charge is 0.118 e. The van der Waals surface area contributed by atoms with Gasteiger partial charge < -0.3 is 16.2 Å². The number of hydrogen-bond donors (Lipinski definition) is 2. The molecule has 1 fully saturated rings. The second-order valence-corrected chi connectivity index (χ2v) is 3.98. The third-order valence-corrected chi connectivity index (χ3v) is 2.92. The summed E-state index contributed by atoms with van der Waals surface area (Å²) >= 11 is 0. The Morgan fingerprint density at radius 1 is 1.29 bits per heavy atom. The highest BCUT2D eigenvalue weighted by atomic mass is 16.5. The lowest BCUT2D eigenvalue weighted by Gasteiger charge is -2.19. The highest BCUT2D eigenvalue weighted by Gasteiger charge is 2.44. The zero-order valence-corrected chi connectivity index (χ0v) is 8.36. The summed E-state index contributed by atoms with van der Waals surface area (Å²) in [6.45, 7) is 0. The molecule has 3 nitrogen and oxygen atoms in total. The maximum Gasteiger partial charge on any atom is 0.118 e. The fourth-order valence-electron chi connectivity index (χ4n) is 1.60. The van der Waals surface area contributed by atoms with E-state index in [0.29, 0.717) is 0 Å². The Kier molecular flexibility index (Phi) is 2.21. The molecular formula is C11H16N2O.